The van der Waals surface area contributed by atoms with Crippen molar-refractivity contribution in [3.63, 3.8) is 0 Å². The monoisotopic (exact) mass is 357 g/mol. The van der Waals surface area contributed by atoms with Crippen LogP contribution in [0.2, 0.25) is 0 Å². The molecule has 0 radical (unpaired) electrons. The summed E-state index contributed by atoms with van der Waals surface area (Å²) in [4.78, 5) is 19.5. The summed E-state index contributed by atoms with van der Waals surface area (Å²) in [5.74, 6) is 0.432. The Morgan fingerprint density at radius 1 is 0.926 bits per heavy atom. The van der Waals surface area contributed by atoms with Crippen molar-refractivity contribution in [2.45, 2.75) is 6.54 Å². The van der Waals surface area contributed by atoms with Gasteiger partial charge in [-0.2, -0.15) is 0 Å². The molecule has 0 saturated carbocycles. The van der Waals surface area contributed by atoms with E-state index in [0.717, 1.165) is 39.1 Å². The lowest BCUT2D eigenvalue weighted by Crippen LogP contribution is -2.03. The molecule has 5 nitrogen and oxygen atoms in total. The summed E-state index contributed by atoms with van der Waals surface area (Å²) in [7, 11) is 0. The Hall–Kier alpha value is -3.28. The normalized spacial score (nSPS) is 11.0. The number of aromatic nitrogens is 2. The zero-order chi connectivity index (χ0) is 18.8. The number of ketones is 1. The lowest BCUT2D eigenvalue weighted by Gasteiger charge is -2.04. The van der Waals surface area contributed by atoms with E-state index in [9.17, 15) is 4.79 Å². The highest BCUT2D eigenvalue weighted by Crippen LogP contribution is 2.25. The summed E-state index contributed by atoms with van der Waals surface area (Å²) in [5.41, 5.74) is 12.0. The van der Waals surface area contributed by atoms with Crippen LogP contribution < -0.4 is 5.73 Å². The minimum atomic E-state index is -0.500. The third-order valence-corrected chi connectivity index (χ3v) is 4.63. The predicted octanol–water partition coefficient (Wildman–Crippen LogP) is 3.53. The number of aromatic amines is 1. The first-order chi connectivity index (χ1) is 13.2. The van der Waals surface area contributed by atoms with Gasteiger partial charge in [-0.3, -0.25) is 4.79 Å². The zero-order valence-corrected chi connectivity index (χ0v) is 14.6. The maximum absolute atomic E-state index is 11.7. The van der Waals surface area contributed by atoms with Crippen molar-refractivity contribution in [1.29, 1.82) is 0 Å². The molecule has 27 heavy (non-hydrogen) atoms. The minimum Gasteiger partial charge on any atom is -0.388 e. The Kier molecular flexibility index (Phi) is 4.54. The Morgan fingerprint density at radius 2 is 1.56 bits per heavy atom. The summed E-state index contributed by atoms with van der Waals surface area (Å²) in [6, 6.07) is 21.5. The average Bonchev–Trinajstić information content (AvgIpc) is 3.16. The molecule has 0 bridgehead atoms. The van der Waals surface area contributed by atoms with Crippen LogP contribution in [0.1, 0.15) is 15.9 Å². The molecule has 134 valence electrons. The number of fused-ring (bicyclic) bond motifs is 1. The molecule has 5 heteroatoms. The largest absolute Gasteiger partial charge is 0.388 e. The first-order valence-corrected chi connectivity index (χ1v) is 8.71. The van der Waals surface area contributed by atoms with Crippen LogP contribution >= 0.6 is 0 Å². The van der Waals surface area contributed by atoms with Crippen molar-refractivity contribution in [2.75, 3.05) is 6.61 Å². The second kappa shape index (κ2) is 7.15. The Morgan fingerprint density at radius 3 is 2.19 bits per heavy atom. The van der Waals surface area contributed by atoms with Crippen LogP contribution in [0, 0.1) is 0 Å². The molecule has 0 aliphatic rings. The number of Topliss-reactive ketones (excluding diaryl/α,β-unsaturated/α-hetero) is 1. The van der Waals surface area contributed by atoms with E-state index in [2.05, 4.69) is 34.2 Å². The number of nitrogens with two attached hydrogens (primary N) is 1. The number of H-pyrrole nitrogens is 1. The number of aliphatic hydroxyl groups excluding tert-OH is 1. The fourth-order valence-corrected chi connectivity index (χ4v) is 3.06. The van der Waals surface area contributed by atoms with E-state index in [4.69, 9.17) is 10.8 Å². The number of hydrogen-bond donors (Lipinski definition) is 3. The van der Waals surface area contributed by atoms with Crippen molar-refractivity contribution in [2.24, 2.45) is 5.73 Å². The van der Waals surface area contributed by atoms with Gasteiger partial charge >= 0.3 is 0 Å². The van der Waals surface area contributed by atoms with E-state index in [1.165, 1.54) is 0 Å². The van der Waals surface area contributed by atoms with Gasteiger partial charge in [0.2, 0.25) is 0 Å². The van der Waals surface area contributed by atoms with Gasteiger partial charge in [-0.1, -0.05) is 48.5 Å². The van der Waals surface area contributed by atoms with E-state index in [1.54, 1.807) is 18.2 Å². The van der Waals surface area contributed by atoms with Crippen molar-refractivity contribution >= 4 is 16.8 Å². The second-order valence-electron chi connectivity index (χ2n) is 6.38. The van der Waals surface area contributed by atoms with Crippen LogP contribution in [0.25, 0.3) is 33.5 Å². The highest BCUT2D eigenvalue weighted by molar-refractivity contribution is 5.99. The molecule has 4 rings (SSSR count). The zero-order valence-electron chi connectivity index (χ0n) is 14.6. The molecule has 4 N–H and O–H groups in total. The third-order valence-electron chi connectivity index (χ3n) is 4.63. The van der Waals surface area contributed by atoms with Gasteiger partial charge < -0.3 is 15.8 Å². The lowest BCUT2D eigenvalue weighted by atomic mass is 10.0. The van der Waals surface area contributed by atoms with E-state index in [1.807, 2.05) is 24.3 Å². The van der Waals surface area contributed by atoms with Crippen LogP contribution in [0.5, 0.6) is 0 Å². The summed E-state index contributed by atoms with van der Waals surface area (Å²) in [6.45, 7) is 0.0388. The number of nitrogens with zero attached hydrogens (tertiary/aromatic N) is 1. The molecular weight excluding hydrogens is 338 g/mol. The first-order valence-electron chi connectivity index (χ1n) is 8.71. The number of carbonyl (C=O) groups excluding carboxylic acids is 1. The molecule has 0 saturated heterocycles. The number of imidazole rings is 1. The van der Waals surface area contributed by atoms with Crippen molar-refractivity contribution in [3.8, 4) is 22.5 Å². The van der Waals surface area contributed by atoms with Crippen LogP contribution in [0.4, 0.5) is 0 Å². The molecule has 3 aromatic carbocycles. The molecule has 0 unspecified atom stereocenters. The van der Waals surface area contributed by atoms with E-state index < -0.39 is 6.61 Å². The molecule has 1 heterocycles. The third kappa shape index (κ3) is 3.38. The van der Waals surface area contributed by atoms with Gasteiger partial charge in [-0.25, -0.2) is 4.98 Å². The van der Waals surface area contributed by atoms with Gasteiger partial charge in [-0.05, 0) is 34.9 Å². The minimum absolute atomic E-state index is 0.307. The second-order valence-corrected chi connectivity index (χ2v) is 6.38. The van der Waals surface area contributed by atoms with Gasteiger partial charge in [0.25, 0.3) is 0 Å². The predicted molar refractivity (Wildman–Crippen MR) is 106 cm³/mol. The number of aliphatic hydroxyl groups is 1. The highest BCUT2D eigenvalue weighted by atomic mass is 16.3. The Bertz CT molecular complexity index is 1100. The van der Waals surface area contributed by atoms with Crippen LogP contribution in [-0.2, 0) is 6.54 Å². The van der Waals surface area contributed by atoms with Crippen molar-refractivity contribution in [3.05, 3.63) is 77.9 Å². The van der Waals surface area contributed by atoms with Gasteiger partial charge in [0, 0.05) is 17.7 Å². The maximum Gasteiger partial charge on any atom is 0.188 e. The standard InChI is InChI=1S/C22H19N3O2/c23-12-14-1-3-15(4-2-14)16-5-7-17(8-6-16)22-24-19-10-9-18(21(27)13-26)11-20(19)25-22/h1-11,26H,12-13,23H2,(H,24,25). The molecular formula is C22H19N3O2. The average molecular weight is 357 g/mol. The smallest absolute Gasteiger partial charge is 0.188 e. The van der Waals surface area contributed by atoms with Crippen molar-refractivity contribution in [1.82, 2.24) is 9.97 Å². The molecule has 0 fully saturated rings. The van der Waals surface area contributed by atoms with E-state index in [0.29, 0.717) is 12.1 Å². The lowest BCUT2D eigenvalue weighted by molar-refractivity contribution is 0.0904. The van der Waals surface area contributed by atoms with E-state index >= 15 is 0 Å². The first kappa shape index (κ1) is 17.1. The van der Waals surface area contributed by atoms with Crippen LogP contribution in [0.15, 0.2) is 66.7 Å². The number of rotatable bonds is 5. The van der Waals surface area contributed by atoms with Crippen LogP contribution in [0.3, 0.4) is 0 Å². The fraction of sp³-hybridized carbons (Fsp3) is 0.0909. The molecule has 0 atom stereocenters. The van der Waals surface area contributed by atoms with Gasteiger partial charge in [0.15, 0.2) is 5.78 Å². The molecule has 0 aliphatic carbocycles. The van der Waals surface area contributed by atoms with Crippen LogP contribution in [-0.4, -0.2) is 27.5 Å². The summed E-state index contributed by atoms with van der Waals surface area (Å²) in [5, 5.41) is 9.01. The Labute approximate surface area is 156 Å². The number of benzene rings is 3. The summed E-state index contributed by atoms with van der Waals surface area (Å²) >= 11 is 0. The highest BCUT2D eigenvalue weighted by Gasteiger charge is 2.09. The number of nitrogens with one attached hydrogen (secondary N) is 1. The number of hydrogen-bond acceptors (Lipinski definition) is 4. The molecule has 0 spiro atoms. The van der Waals surface area contributed by atoms with Crippen molar-refractivity contribution < 1.29 is 9.90 Å². The maximum atomic E-state index is 11.7. The summed E-state index contributed by atoms with van der Waals surface area (Å²) < 4.78 is 0. The topological polar surface area (TPSA) is 92.0 Å². The fourth-order valence-electron chi connectivity index (χ4n) is 3.06. The van der Waals surface area contributed by atoms with Gasteiger partial charge in [-0.15, -0.1) is 0 Å². The SMILES string of the molecule is NCc1ccc(-c2ccc(-c3nc4ccc(C(=O)CO)cc4[nH]3)cc2)cc1. The molecule has 0 amide bonds. The summed E-state index contributed by atoms with van der Waals surface area (Å²) in [6.07, 6.45) is 0. The molecule has 1 aromatic heterocycles. The molecule has 4 aromatic rings. The van der Waals surface area contributed by atoms with Gasteiger partial charge in [0.1, 0.15) is 12.4 Å². The number of carbonyl (C=O) groups is 1. The Balaban J connectivity index is 1.63. The van der Waals surface area contributed by atoms with E-state index in [-0.39, 0.29) is 5.78 Å². The van der Waals surface area contributed by atoms with Gasteiger partial charge in [0.05, 0.1) is 11.0 Å². The quantitative estimate of drug-likeness (QED) is 0.477. The molecule has 0 aliphatic heterocycles.